The van der Waals surface area contributed by atoms with E-state index in [0.717, 1.165) is 11.3 Å². The van der Waals surface area contributed by atoms with Gasteiger partial charge in [-0.05, 0) is 29.7 Å². The van der Waals surface area contributed by atoms with E-state index in [0.29, 0.717) is 37.4 Å². The van der Waals surface area contributed by atoms with Gasteiger partial charge in [0.2, 0.25) is 5.91 Å². The van der Waals surface area contributed by atoms with Gasteiger partial charge in [-0.1, -0.05) is 24.3 Å². The lowest BCUT2D eigenvalue weighted by Crippen LogP contribution is -2.28. The number of carboxylic acid groups (broad SMARTS) is 1. The molecule has 0 saturated carbocycles. The van der Waals surface area contributed by atoms with Gasteiger partial charge in [0.05, 0.1) is 4.88 Å². The molecule has 1 aliphatic heterocycles. The molecule has 0 fully saturated rings. The molecule has 0 bridgehead atoms. The number of hydrogen-bond donors (Lipinski definition) is 2. The quantitative estimate of drug-likeness (QED) is 0.777. The van der Waals surface area contributed by atoms with Crippen LogP contribution in [0.5, 0.6) is 0 Å². The molecule has 2 amide bonds. The maximum absolute atomic E-state index is 12.3. The third-order valence-corrected chi connectivity index (χ3v) is 5.16. The van der Waals surface area contributed by atoms with E-state index in [1.807, 2.05) is 29.2 Å². The number of carbonyl (C=O) groups excluding carboxylic acids is 2. The van der Waals surface area contributed by atoms with Crippen LogP contribution in [0.1, 0.15) is 43.3 Å². The number of nitrogens with zero attached hydrogens (tertiary/aromatic N) is 1. The van der Waals surface area contributed by atoms with Crippen LogP contribution in [0.2, 0.25) is 0 Å². The highest BCUT2D eigenvalue weighted by atomic mass is 32.1. The Morgan fingerprint density at radius 2 is 1.68 bits per heavy atom. The van der Waals surface area contributed by atoms with Crippen LogP contribution in [0.15, 0.2) is 36.4 Å². The lowest BCUT2D eigenvalue weighted by molar-refractivity contribution is -0.131. The van der Waals surface area contributed by atoms with Crippen LogP contribution in [0.25, 0.3) is 0 Å². The molecule has 130 valence electrons. The Morgan fingerprint density at radius 1 is 1.04 bits per heavy atom. The van der Waals surface area contributed by atoms with Crippen LogP contribution in [0, 0.1) is 0 Å². The van der Waals surface area contributed by atoms with Crippen LogP contribution in [0.4, 0.5) is 0 Å². The molecule has 0 unspecified atom stereocenters. The van der Waals surface area contributed by atoms with Crippen molar-refractivity contribution in [1.29, 1.82) is 0 Å². The van der Waals surface area contributed by atoms with E-state index in [1.54, 1.807) is 0 Å². The molecule has 2 heterocycles. The number of benzene rings is 1. The summed E-state index contributed by atoms with van der Waals surface area (Å²) in [5.74, 6) is -1.27. The van der Waals surface area contributed by atoms with Crippen molar-refractivity contribution in [3.8, 4) is 0 Å². The van der Waals surface area contributed by atoms with E-state index in [1.165, 1.54) is 23.3 Å². The number of aromatic carboxylic acids is 1. The molecule has 1 aliphatic rings. The van der Waals surface area contributed by atoms with Crippen LogP contribution in [-0.2, 0) is 17.9 Å². The second-order valence-electron chi connectivity index (χ2n) is 5.85. The molecule has 2 N–H and O–H groups in total. The summed E-state index contributed by atoms with van der Waals surface area (Å²) in [7, 11) is 0. The maximum atomic E-state index is 12.3. The first kappa shape index (κ1) is 17.2. The fraction of sp³-hybridized carbons (Fsp3) is 0.278. The number of nitrogens with one attached hydrogen (secondary N) is 1. The first-order chi connectivity index (χ1) is 12.0. The molecule has 0 radical (unpaired) electrons. The van der Waals surface area contributed by atoms with Crippen molar-refractivity contribution >= 4 is 29.1 Å². The fourth-order valence-electron chi connectivity index (χ4n) is 2.77. The summed E-state index contributed by atoms with van der Waals surface area (Å²) in [5.41, 5.74) is 2.38. The van der Waals surface area contributed by atoms with E-state index in [9.17, 15) is 14.4 Å². The van der Waals surface area contributed by atoms with Crippen molar-refractivity contribution in [2.75, 3.05) is 6.54 Å². The van der Waals surface area contributed by atoms with Crippen LogP contribution >= 0.6 is 11.3 Å². The second-order valence-corrected chi connectivity index (χ2v) is 6.93. The Kier molecular flexibility index (Phi) is 5.14. The minimum absolute atomic E-state index is 0.0785. The Balaban J connectivity index is 1.40. The third-order valence-electron chi connectivity index (χ3n) is 4.09. The van der Waals surface area contributed by atoms with Crippen LogP contribution < -0.4 is 5.32 Å². The van der Waals surface area contributed by atoms with Crippen LogP contribution in [0.3, 0.4) is 0 Å². The fourth-order valence-corrected chi connectivity index (χ4v) is 3.53. The van der Waals surface area contributed by atoms with Gasteiger partial charge in [0, 0.05) is 26.1 Å². The predicted molar refractivity (Wildman–Crippen MR) is 93.5 cm³/mol. The summed E-state index contributed by atoms with van der Waals surface area (Å²) >= 11 is 0.940. The zero-order valence-corrected chi connectivity index (χ0v) is 14.3. The molecule has 25 heavy (non-hydrogen) atoms. The monoisotopic (exact) mass is 358 g/mol. The molecule has 1 aromatic carbocycles. The van der Waals surface area contributed by atoms with Crippen molar-refractivity contribution in [3.63, 3.8) is 0 Å². The summed E-state index contributed by atoms with van der Waals surface area (Å²) in [6, 6.07) is 10.9. The normalized spacial score (nSPS) is 12.7. The molecule has 0 atom stereocenters. The van der Waals surface area contributed by atoms with Gasteiger partial charge in [0.15, 0.2) is 0 Å². The highest BCUT2D eigenvalue weighted by Gasteiger charge is 2.22. The number of carbonyl (C=O) groups is 3. The zero-order valence-electron chi connectivity index (χ0n) is 13.5. The number of rotatable bonds is 6. The number of thiophene rings is 1. The average Bonchev–Trinajstić information content (AvgIpc) is 3.24. The molecular weight excluding hydrogens is 340 g/mol. The maximum Gasteiger partial charge on any atom is 0.345 e. The minimum atomic E-state index is -1.04. The number of amides is 2. The first-order valence-electron chi connectivity index (χ1n) is 8.00. The van der Waals surface area contributed by atoms with E-state index in [-0.39, 0.29) is 16.7 Å². The predicted octanol–water partition coefficient (Wildman–Crippen LogP) is 2.50. The van der Waals surface area contributed by atoms with E-state index < -0.39 is 5.97 Å². The molecule has 7 heteroatoms. The van der Waals surface area contributed by atoms with Crippen molar-refractivity contribution in [2.24, 2.45) is 0 Å². The highest BCUT2D eigenvalue weighted by molar-refractivity contribution is 7.15. The molecule has 2 aromatic rings. The molecule has 1 aromatic heterocycles. The van der Waals surface area contributed by atoms with Gasteiger partial charge < -0.3 is 15.3 Å². The summed E-state index contributed by atoms with van der Waals surface area (Å²) in [6.45, 7) is 1.68. The van der Waals surface area contributed by atoms with Crippen molar-refractivity contribution in [3.05, 3.63) is 57.3 Å². The lowest BCUT2D eigenvalue weighted by Gasteiger charge is -2.15. The van der Waals surface area contributed by atoms with E-state index in [2.05, 4.69) is 5.32 Å². The van der Waals surface area contributed by atoms with Gasteiger partial charge >= 0.3 is 5.97 Å². The van der Waals surface area contributed by atoms with Crippen molar-refractivity contribution in [2.45, 2.75) is 25.9 Å². The van der Waals surface area contributed by atoms with Gasteiger partial charge in [0.1, 0.15) is 4.88 Å². The highest BCUT2D eigenvalue weighted by Crippen LogP contribution is 2.23. The van der Waals surface area contributed by atoms with Gasteiger partial charge in [-0.3, -0.25) is 9.59 Å². The summed E-state index contributed by atoms with van der Waals surface area (Å²) < 4.78 is 0. The van der Waals surface area contributed by atoms with Crippen molar-refractivity contribution < 1.29 is 19.5 Å². The molecule has 3 rings (SSSR count). The SMILES string of the molecule is O=C(O)c1ccc(C(=O)NCCCC(=O)N2Cc3ccccc3C2)s1. The molecular formula is C18H18N2O4S. The Morgan fingerprint density at radius 3 is 2.28 bits per heavy atom. The van der Waals surface area contributed by atoms with Gasteiger partial charge in [0.25, 0.3) is 5.91 Å². The molecule has 0 spiro atoms. The van der Waals surface area contributed by atoms with Gasteiger partial charge in [-0.2, -0.15) is 0 Å². The largest absolute Gasteiger partial charge is 0.477 e. The third kappa shape index (κ3) is 4.06. The molecule has 6 nitrogen and oxygen atoms in total. The number of hydrogen-bond acceptors (Lipinski definition) is 4. The first-order valence-corrected chi connectivity index (χ1v) is 8.82. The Labute approximate surface area is 149 Å². The lowest BCUT2D eigenvalue weighted by atomic mass is 10.1. The van der Waals surface area contributed by atoms with Gasteiger partial charge in [-0.25, -0.2) is 4.79 Å². The summed E-state index contributed by atoms with van der Waals surface area (Å²) in [6.07, 6.45) is 0.924. The summed E-state index contributed by atoms with van der Waals surface area (Å²) in [4.78, 5) is 37.3. The topological polar surface area (TPSA) is 86.7 Å². The number of carboxylic acids is 1. The number of fused-ring (bicyclic) bond motifs is 1. The van der Waals surface area contributed by atoms with E-state index in [4.69, 9.17) is 5.11 Å². The van der Waals surface area contributed by atoms with Crippen molar-refractivity contribution in [1.82, 2.24) is 10.2 Å². The minimum Gasteiger partial charge on any atom is -0.477 e. The molecule has 0 saturated heterocycles. The van der Waals surface area contributed by atoms with Gasteiger partial charge in [-0.15, -0.1) is 11.3 Å². The Bertz CT molecular complexity index is 790. The van der Waals surface area contributed by atoms with Crippen LogP contribution in [-0.4, -0.2) is 34.3 Å². The van der Waals surface area contributed by atoms with E-state index >= 15 is 0 Å². The zero-order chi connectivity index (χ0) is 17.8. The Hall–Kier alpha value is -2.67. The summed E-state index contributed by atoms with van der Waals surface area (Å²) in [5, 5.41) is 11.6. The average molecular weight is 358 g/mol. The second kappa shape index (κ2) is 7.48. The molecule has 0 aliphatic carbocycles. The standard InChI is InChI=1S/C18H18N2O4S/c21-16(20-10-12-4-1-2-5-13(12)11-20)6-3-9-19-17(22)14-7-8-15(25-14)18(23)24/h1-2,4-5,7-8H,3,6,9-11H2,(H,19,22)(H,23,24). The smallest absolute Gasteiger partial charge is 0.345 e.